The maximum absolute atomic E-state index is 13.3. The van der Waals surface area contributed by atoms with E-state index in [0.29, 0.717) is 30.6 Å². The number of anilines is 1. The predicted molar refractivity (Wildman–Crippen MR) is 181 cm³/mol. The molecular weight excluding hydrogens is 576 g/mol. The van der Waals surface area contributed by atoms with Gasteiger partial charge in [-0.2, -0.15) is 5.10 Å². The SMILES string of the molecule is CN1CCCC(CN(C)Cc2ccc(-c3ccc(C(=O)N4CC[C@@H](NC(=O)c5cc(-c6cnn(C)c6)cnc5N)C4)cc3)cc2)C1. The summed E-state index contributed by atoms with van der Waals surface area (Å²) in [5.74, 6) is 0.577. The number of aromatic nitrogens is 3. The summed E-state index contributed by atoms with van der Waals surface area (Å²) in [6, 6.07) is 18.1. The summed E-state index contributed by atoms with van der Waals surface area (Å²) in [7, 11) is 6.27. The lowest BCUT2D eigenvalue weighted by atomic mass is 9.97. The van der Waals surface area contributed by atoms with Gasteiger partial charge in [0.25, 0.3) is 11.8 Å². The van der Waals surface area contributed by atoms with Crippen molar-refractivity contribution in [3.05, 3.63) is 89.9 Å². The van der Waals surface area contributed by atoms with Gasteiger partial charge in [0.2, 0.25) is 0 Å². The lowest BCUT2D eigenvalue weighted by molar-refractivity contribution is 0.0783. The van der Waals surface area contributed by atoms with Crippen LogP contribution in [0, 0.1) is 5.92 Å². The molecule has 4 aromatic rings. The van der Waals surface area contributed by atoms with Crippen LogP contribution in [-0.2, 0) is 13.6 Å². The summed E-state index contributed by atoms with van der Waals surface area (Å²) in [6.45, 7) is 5.48. The Bertz CT molecular complexity index is 1670. The Morgan fingerprint density at radius 2 is 1.67 bits per heavy atom. The first-order valence-electron chi connectivity index (χ1n) is 16.1. The van der Waals surface area contributed by atoms with Crippen molar-refractivity contribution >= 4 is 17.6 Å². The van der Waals surface area contributed by atoms with E-state index in [-0.39, 0.29) is 23.7 Å². The highest BCUT2D eigenvalue weighted by Gasteiger charge is 2.29. The number of nitrogens with zero attached hydrogens (tertiary/aromatic N) is 6. The van der Waals surface area contributed by atoms with E-state index in [1.807, 2.05) is 37.5 Å². The Kier molecular flexibility index (Phi) is 9.46. The first-order valence-corrected chi connectivity index (χ1v) is 16.1. The van der Waals surface area contributed by atoms with Gasteiger partial charge in [-0.3, -0.25) is 14.3 Å². The molecule has 2 aromatic carbocycles. The highest BCUT2D eigenvalue weighted by atomic mass is 16.2. The molecule has 2 aliphatic heterocycles. The minimum Gasteiger partial charge on any atom is -0.383 e. The molecule has 0 saturated carbocycles. The number of nitrogens with two attached hydrogens (primary N) is 1. The van der Waals surface area contributed by atoms with Crippen molar-refractivity contribution in [3.63, 3.8) is 0 Å². The summed E-state index contributed by atoms with van der Waals surface area (Å²) in [4.78, 5) is 37.4. The quantitative estimate of drug-likeness (QED) is 0.289. The fourth-order valence-electron chi connectivity index (χ4n) is 6.74. The van der Waals surface area contributed by atoms with Gasteiger partial charge in [0.15, 0.2) is 0 Å². The van der Waals surface area contributed by atoms with Crippen molar-refractivity contribution in [2.24, 2.45) is 13.0 Å². The zero-order valence-corrected chi connectivity index (χ0v) is 27.0. The molecule has 0 radical (unpaired) electrons. The number of amides is 2. The Labute approximate surface area is 271 Å². The number of hydrogen-bond acceptors (Lipinski definition) is 7. The van der Waals surface area contributed by atoms with Gasteiger partial charge in [0, 0.05) is 74.9 Å². The second-order valence-electron chi connectivity index (χ2n) is 13.0. The van der Waals surface area contributed by atoms with E-state index >= 15 is 0 Å². The first-order chi connectivity index (χ1) is 22.2. The monoisotopic (exact) mass is 620 g/mol. The van der Waals surface area contributed by atoms with Crippen molar-refractivity contribution in [1.82, 2.24) is 34.8 Å². The zero-order chi connectivity index (χ0) is 32.2. The minimum absolute atomic E-state index is 0.0365. The van der Waals surface area contributed by atoms with Crippen LogP contribution in [0.5, 0.6) is 0 Å². The maximum atomic E-state index is 13.3. The summed E-state index contributed by atoms with van der Waals surface area (Å²) in [5.41, 5.74) is 12.1. The molecule has 1 unspecified atom stereocenters. The molecule has 2 atom stereocenters. The van der Waals surface area contributed by atoms with Gasteiger partial charge in [0.1, 0.15) is 5.82 Å². The van der Waals surface area contributed by atoms with E-state index in [9.17, 15) is 9.59 Å². The predicted octanol–water partition coefficient (Wildman–Crippen LogP) is 4.15. The molecule has 2 fully saturated rings. The van der Waals surface area contributed by atoms with Crippen LogP contribution in [0.25, 0.3) is 22.3 Å². The van der Waals surface area contributed by atoms with Crippen molar-refractivity contribution in [2.45, 2.75) is 31.8 Å². The highest BCUT2D eigenvalue weighted by molar-refractivity contribution is 6.00. The van der Waals surface area contributed by atoms with Gasteiger partial charge >= 0.3 is 0 Å². The molecule has 4 heterocycles. The van der Waals surface area contributed by atoms with Crippen LogP contribution in [0.2, 0.25) is 0 Å². The molecule has 3 N–H and O–H groups in total. The van der Waals surface area contributed by atoms with Crippen molar-refractivity contribution in [1.29, 1.82) is 0 Å². The lowest BCUT2D eigenvalue weighted by Gasteiger charge is -2.32. The maximum Gasteiger partial charge on any atom is 0.255 e. The van der Waals surface area contributed by atoms with Crippen LogP contribution in [0.3, 0.4) is 0 Å². The number of hydrogen-bond donors (Lipinski definition) is 2. The second-order valence-corrected chi connectivity index (χ2v) is 13.0. The van der Waals surface area contributed by atoms with Crippen molar-refractivity contribution in [2.75, 3.05) is 52.6 Å². The fraction of sp³-hybridized carbons (Fsp3) is 0.389. The van der Waals surface area contributed by atoms with Gasteiger partial charge in [-0.1, -0.05) is 36.4 Å². The van der Waals surface area contributed by atoms with E-state index in [2.05, 4.69) is 63.6 Å². The number of benzene rings is 2. The van der Waals surface area contributed by atoms with Crippen LogP contribution in [0.15, 0.2) is 73.2 Å². The third kappa shape index (κ3) is 7.46. The Hall–Kier alpha value is -4.54. The second kappa shape index (κ2) is 13.8. The van der Waals surface area contributed by atoms with Crippen LogP contribution < -0.4 is 11.1 Å². The third-order valence-corrected chi connectivity index (χ3v) is 9.18. The summed E-state index contributed by atoms with van der Waals surface area (Å²) in [6.07, 6.45) is 8.49. The Balaban J connectivity index is 1.01. The van der Waals surface area contributed by atoms with E-state index in [1.165, 1.54) is 31.5 Å². The molecule has 0 bridgehead atoms. The van der Waals surface area contributed by atoms with Gasteiger partial charge < -0.3 is 25.8 Å². The van der Waals surface area contributed by atoms with Crippen LogP contribution in [0.4, 0.5) is 5.82 Å². The molecule has 46 heavy (non-hydrogen) atoms. The molecule has 2 amide bonds. The standard InChI is InChI=1S/C36H44N8O2/c1-41-15-4-5-26(21-41)22-42(2)20-25-6-8-27(9-7-25)28-10-12-29(13-11-28)36(46)44-16-14-32(24-44)40-35(45)33-17-30(18-38-34(33)37)31-19-39-43(3)23-31/h6-13,17-19,23,26,32H,4-5,14-16,20-22,24H2,1-3H3,(H2,37,38)(H,40,45)/t26?,32-/m1/s1. The number of nitrogen functional groups attached to an aromatic ring is 1. The normalized spacial score (nSPS) is 18.7. The average molecular weight is 621 g/mol. The van der Waals surface area contributed by atoms with Crippen LogP contribution >= 0.6 is 0 Å². The topological polar surface area (TPSA) is 113 Å². The molecule has 0 aliphatic carbocycles. The van der Waals surface area contributed by atoms with Crippen molar-refractivity contribution < 1.29 is 9.59 Å². The number of aryl methyl sites for hydroxylation is 1. The highest BCUT2D eigenvalue weighted by Crippen LogP contribution is 2.24. The zero-order valence-electron chi connectivity index (χ0n) is 27.0. The van der Waals surface area contributed by atoms with Crippen LogP contribution in [-0.4, -0.2) is 94.1 Å². The number of piperidine rings is 1. The molecule has 0 spiro atoms. The van der Waals surface area contributed by atoms with E-state index in [1.54, 1.807) is 28.0 Å². The number of carbonyl (C=O) groups is 2. The van der Waals surface area contributed by atoms with Gasteiger partial charge in [-0.25, -0.2) is 4.98 Å². The van der Waals surface area contributed by atoms with E-state index < -0.39 is 0 Å². The van der Waals surface area contributed by atoms with Gasteiger partial charge in [-0.15, -0.1) is 0 Å². The third-order valence-electron chi connectivity index (χ3n) is 9.18. The van der Waals surface area contributed by atoms with E-state index in [0.717, 1.165) is 41.3 Å². The van der Waals surface area contributed by atoms with Gasteiger partial charge in [0.05, 0.1) is 11.8 Å². The smallest absolute Gasteiger partial charge is 0.255 e. The molecule has 2 aromatic heterocycles. The Morgan fingerprint density at radius 3 is 2.37 bits per heavy atom. The Morgan fingerprint density at radius 1 is 0.935 bits per heavy atom. The van der Waals surface area contributed by atoms with Crippen LogP contribution in [0.1, 0.15) is 45.5 Å². The number of carbonyl (C=O) groups excluding carboxylic acids is 2. The van der Waals surface area contributed by atoms with E-state index in [4.69, 9.17) is 5.73 Å². The molecule has 10 nitrogen and oxygen atoms in total. The molecule has 240 valence electrons. The summed E-state index contributed by atoms with van der Waals surface area (Å²) in [5, 5.41) is 7.23. The number of nitrogens with one attached hydrogen (secondary N) is 1. The number of rotatable bonds is 9. The number of pyridine rings is 1. The first kappa shape index (κ1) is 31.4. The number of likely N-dealkylation sites (tertiary alicyclic amines) is 2. The van der Waals surface area contributed by atoms with Crippen molar-refractivity contribution in [3.8, 4) is 22.3 Å². The summed E-state index contributed by atoms with van der Waals surface area (Å²) >= 11 is 0. The molecule has 6 rings (SSSR count). The largest absolute Gasteiger partial charge is 0.383 e. The molecule has 10 heteroatoms. The van der Waals surface area contributed by atoms with Gasteiger partial charge in [-0.05, 0) is 80.7 Å². The fourth-order valence-corrected chi connectivity index (χ4v) is 6.74. The minimum atomic E-state index is -0.297. The summed E-state index contributed by atoms with van der Waals surface area (Å²) < 4.78 is 1.69. The average Bonchev–Trinajstić information content (AvgIpc) is 3.70. The molecule has 2 saturated heterocycles. The molecule has 2 aliphatic rings. The molecular formula is C36H44N8O2. The lowest BCUT2D eigenvalue weighted by Crippen LogP contribution is -2.38.